The van der Waals surface area contributed by atoms with Crippen LogP contribution in [0.5, 0.6) is 0 Å². The van der Waals surface area contributed by atoms with Gasteiger partial charge in [0.2, 0.25) is 11.8 Å². The van der Waals surface area contributed by atoms with Crippen LogP contribution in [0.3, 0.4) is 0 Å². The molecule has 2 atom stereocenters. The van der Waals surface area contributed by atoms with Crippen molar-refractivity contribution < 1.29 is 9.59 Å². The number of hydrogen-bond donors (Lipinski definition) is 3. The minimum absolute atomic E-state index is 0.0827. The second kappa shape index (κ2) is 5.84. The van der Waals surface area contributed by atoms with Crippen LogP contribution in [-0.4, -0.2) is 30.9 Å². The molecule has 0 aromatic heterocycles. The van der Waals surface area contributed by atoms with E-state index in [4.69, 9.17) is 0 Å². The van der Waals surface area contributed by atoms with E-state index >= 15 is 0 Å². The Bertz CT molecular complexity index is 487. The van der Waals surface area contributed by atoms with E-state index in [1.165, 1.54) is 0 Å². The quantitative estimate of drug-likeness (QED) is 0.749. The Hall–Kier alpha value is -1.88. The van der Waals surface area contributed by atoms with Crippen molar-refractivity contribution in [1.29, 1.82) is 0 Å². The first-order valence-electron chi connectivity index (χ1n) is 6.48. The summed E-state index contributed by atoms with van der Waals surface area (Å²) in [5.41, 5.74) is 2.00. The van der Waals surface area contributed by atoms with E-state index in [1.807, 2.05) is 24.3 Å². The summed E-state index contributed by atoms with van der Waals surface area (Å²) >= 11 is 0. The van der Waals surface area contributed by atoms with Gasteiger partial charge in [0, 0.05) is 12.7 Å². The van der Waals surface area contributed by atoms with E-state index in [1.54, 1.807) is 14.0 Å². The predicted molar refractivity (Wildman–Crippen MR) is 73.8 cm³/mol. The van der Waals surface area contributed by atoms with Gasteiger partial charge in [0.05, 0.1) is 12.1 Å². The maximum atomic E-state index is 12.1. The lowest BCUT2D eigenvalue weighted by Crippen LogP contribution is -2.50. The predicted octanol–water partition coefficient (Wildman–Crippen LogP) is 0.664. The van der Waals surface area contributed by atoms with Crippen molar-refractivity contribution in [2.45, 2.75) is 31.8 Å². The molecule has 0 aliphatic carbocycles. The van der Waals surface area contributed by atoms with Crippen molar-refractivity contribution in [3.63, 3.8) is 0 Å². The summed E-state index contributed by atoms with van der Waals surface area (Å²) in [4.78, 5) is 23.6. The Morgan fingerprint density at radius 2 is 2.16 bits per heavy atom. The van der Waals surface area contributed by atoms with Crippen molar-refractivity contribution >= 4 is 17.5 Å². The highest BCUT2D eigenvalue weighted by Crippen LogP contribution is 2.21. The normalized spacial score (nSPS) is 19.9. The first kappa shape index (κ1) is 13.5. The lowest BCUT2D eigenvalue weighted by molar-refractivity contribution is -0.123. The third kappa shape index (κ3) is 3.12. The van der Waals surface area contributed by atoms with Gasteiger partial charge in [0.1, 0.15) is 0 Å². The molecule has 1 aliphatic heterocycles. The van der Waals surface area contributed by atoms with Crippen molar-refractivity contribution in [2.75, 3.05) is 12.4 Å². The molecule has 3 N–H and O–H groups in total. The summed E-state index contributed by atoms with van der Waals surface area (Å²) in [6.45, 7) is 1.75. The average molecular weight is 261 g/mol. The Balaban J connectivity index is 2.06. The maximum Gasteiger partial charge on any atom is 0.241 e. The third-order valence-electron chi connectivity index (χ3n) is 3.38. The molecule has 19 heavy (non-hydrogen) atoms. The highest BCUT2D eigenvalue weighted by Gasteiger charge is 2.26. The van der Waals surface area contributed by atoms with Gasteiger partial charge in [-0.05, 0) is 31.4 Å². The number of hydrogen-bond acceptors (Lipinski definition) is 3. The van der Waals surface area contributed by atoms with E-state index in [0.717, 1.165) is 17.7 Å². The average Bonchev–Trinajstić information content (AvgIpc) is 2.57. The molecular weight excluding hydrogens is 242 g/mol. The SMILES string of the molecule is CNC(=O)C(C)NC1CCc2ccccc2NC1=O. The highest BCUT2D eigenvalue weighted by molar-refractivity contribution is 5.96. The summed E-state index contributed by atoms with van der Waals surface area (Å²) in [6, 6.07) is 7.05. The van der Waals surface area contributed by atoms with Crippen LogP contribution < -0.4 is 16.0 Å². The summed E-state index contributed by atoms with van der Waals surface area (Å²) in [6.07, 6.45) is 1.50. The molecule has 5 nitrogen and oxygen atoms in total. The molecule has 2 unspecified atom stereocenters. The van der Waals surface area contributed by atoms with E-state index in [-0.39, 0.29) is 23.9 Å². The number of benzene rings is 1. The van der Waals surface area contributed by atoms with Gasteiger partial charge in [0.25, 0.3) is 0 Å². The second-order valence-corrected chi connectivity index (χ2v) is 4.74. The topological polar surface area (TPSA) is 70.2 Å². The molecule has 0 radical (unpaired) electrons. The van der Waals surface area contributed by atoms with Crippen LogP contribution in [-0.2, 0) is 16.0 Å². The Kier molecular flexibility index (Phi) is 4.16. The smallest absolute Gasteiger partial charge is 0.241 e. The zero-order chi connectivity index (χ0) is 13.8. The number of anilines is 1. The van der Waals surface area contributed by atoms with Crippen molar-refractivity contribution in [3.05, 3.63) is 29.8 Å². The van der Waals surface area contributed by atoms with Gasteiger partial charge in [-0.2, -0.15) is 0 Å². The first-order valence-corrected chi connectivity index (χ1v) is 6.48. The Morgan fingerprint density at radius 1 is 1.42 bits per heavy atom. The lowest BCUT2D eigenvalue weighted by atomic mass is 10.1. The molecular formula is C14H19N3O2. The largest absolute Gasteiger partial charge is 0.358 e. The second-order valence-electron chi connectivity index (χ2n) is 4.74. The fourth-order valence-electron chi connectivity index (χ4n) is 2.26. The van der Waals surface area contributed by atoms with Crippen molar-refractivity contribution in [2.24, 2.45) is 0 Å². The molecule has 1 aliphatic rings. The molecule has 2 amide bonds. The van der Waals surface area contributed by atoms with Crippen LogP contribution in [0.4, 0.5) is 5.69 Å². The van der Waals surface area contributed by atoms with Crippen LogP contribution in [0, 0.1) is 0 Å². The van der Waals surface area contributed by atoms with Gasteiger partial charge in [0.15, 0.2) is 0 Å². The number of aryl methyl sites for hydroxylation is 1. The lowest BCUT2D eigenvalue weighted by Gasteiger charge is -2.19. The minimum atomic E-state index is -0.387. The number of carbonyl (C=O) groups excluding carboxylic acids is 2. The van der Waals surface area contributed by atoms with Gasteiger partial charge < -0.3 is 10.6 Å². The number of carbonyl (C=O) groups is 2. The monoisotopic (exact) mass is 261 g/mol. The molecule has 2 rings (SSSR count). The molecule has 1 aromatic rings. The fourth-order valence-corrected chi connectivity index (χ4v) is 2.26. The summed E-state index contributed by atoms with van der Waals surface area (Å²) in [5, 5.41) is 8.54. The van der Waals surface area contributed by atoms with E-state index in [2.05, 4.69) is 16.0 Å². The summed E-state index contributed by atoms with van der Waals surface area (Å²) < 4.78 is 0. The molecule has 5 heteroatoms. The molecule has 1 aromatic carbocycles. The van der Waals surface area contributed by atoms with Crippen molar-refractivity contribution in [3.8, 4) is 0 Å². The van der Waals surface area contributed by atoms with Crippen molar-refractivity contribution in [1.82, 2.24) is 10.6 Å². The Morgan fingerprint density at radius 3 is 2.89 bits per heavy atom. The molecule has 0 fully saturated rings. The van der Waals surface area contributed by atoms with Gasteiger partial charge in [-0.3, -0.25) is 14.9 Å². The zero-order valence-corrected chi connectivity index (χ0v) is 11.2. The number of nitrogens with one attached hydrogen (secondary N) is 3. The van der Waals surface area contributed by atoms with Crippen LogP contribution in [0.15, 0.2) is 24.3 Å². The first-order chi connectivity index (χ1) is 9.11. The molecule has 0 spiro atoms. The van der Waals surface area contributed by atoms with Gasteiger partial charge in [-0.1, -0.05) is 18.2 Å². The molecule has 102 valence electrons. The third-order valence-corrected chi connectivity index (χ3v) is 3.38. The number of fused-ring (bicyclic) bond motifs is 1. The van der Waals surface area contributed by atoms with Gasteiger partial charge in [-0.15, -0.1) is 0 Å². The van der Waals surface area contributed by atoms with E-state index in [0.29, 0.717) is 6.42 Å². The van der Waals surface area contributed by atoms with Crippen LogP contribution >= 0.6 is 0 Å². The van der Waals surface area contributed by atoms with E-state index in [9.17, 15) is 9.59 Å². The molecule has 0 saturated heterocycles. The molecule has 1 heterocycles. The summed E-state index contributed by atoms with van der Waals surface area (Å²) in [5.74, 6) is -0.199. The highest BCUT2D eigenvalue weighted by atomic mass is 16.2. The van der Waals surface area contributed by atoms with Gasteiger partial charge >= 0.3 is 0 Å². The number of likely N-dealkylation sites (N-methyl/N-ethyl adjacent to an activating group) is 1. The number of amides is 2. The minimum Gasteiger partial charge on any atom is -0.358 e. The molecule has 0 bridgehead atoms. The maximum absolute atomic E-state index is 12.1. The number of rotatable bonds is 3. The zero-order valence-electron chi connectivity index (χ0n) is 11.2. The van der Waals surface area contributed by atoms with Crippen LogP contribution in [0.2, 0.25) is 0 Å². The number of para-hydroxylation sites is 1. The standard InChI is InChI=1S/C14H19N3O2/c1-9(13(18)15-2)16-12-8-7-10-5-3-4-6-11(10)17-14(12)19/h3-6,9,12,16H,7-8H2,1-2H3,(H,15,18)(H,17,19). The fraction of sp³-hybridized carbons (Fsp3) is 0.429. The van der Waals surface area contributed by atoms with Gasteiger partial charge in [-0.25, -0.2) is 0 Å². The van der Waals surface area contributed by atoms with Crippen LogP contribution in [0.25, 0.3) is 0 Å². The Labute approximate surface area is 112 Å². The summed E-state index contributed by atoms with van der Waals surface area (Å²) in [7, 11) is 1.59. The van der Waals surface area contributed by atoms with Crippen LogP contribution in [0.1, 0.15) is 18.9 Å². The molecule has 0 saturated carbocycles. The van der Waals surface area contributed by atoms with E-state index < -0.39 is 0 Å².